The van der Waals surface area contributed by atoms with E-state index in [-0.39, 0.29) is 23.7 Å². The van der Waals surface area contributed by atoms with E-state index in [1.165, 1.54) is 32.1 Å². The molecule has 1 aromatic rings. The van der Waals surface area contributed by atoms with Gasteiger partial charge in [0.1, 0.15) is 6.10 Å². The van der Waals surface area contributed by atoms with Crippen LogP contribution in [-0.2, 0) is 9.47 Å². The van der Waals surface area contributed by atoms with Gasteiger partial charge in [-0.15, -0.1) is 11.8 Å². The standard InChI is InChI=1S/C19H27NO3S/c21-17-16(20-11-13-7-3-1-4-8-13)15-12-22-19(23-15)18(17)24-14-9-5-2-6-10-14/h2,5-6,9-10,13,15-21H,1,3-4,7-8,11-12H2/t15-,16+,17-,18-,19+/m0/s1. The Hall–Kier alpha value is -0.590. The number of hydrogen-bond donors (Lipinski definition) is 2. The second-order valence-corrected chi connectivity index (χ2v) is 8.45. The van der Waals surface area contributed by atoms with E-state index >= 15 is 0 Å². The van der Waals surface area contributed by atoms with Crippen molar-refractivity contribution in [3.63, 3.8) is 0 Å². The lowest BCUT2D eigenvalue weighted by Gasteiger charge is -2.39. The molecule has 4 nitrogen and oxygen atoms in total. The molecule has 4 rings (SSSR count). The average molecular weight is 349 g/mol. The van der Waals surface area contributed by atoms with E-state index in [2.05, 4.69) is 17.4 Å². The zero-order valence-electron chi connectivity index (χ0n) is 14.0. The Labute approximate surface area is 148 Å². The number of aliphatic hydroxyl groups is 1. The largest absolute Gasteiger partial charge is 0.390 e. The fraction of sp³-hybridized carbons (Fsp3) is 0.684. The number of aliphatic hydroxyl groups excluding tert-OH is 1. The topological polar surface area (TPSA) is 50.7 Å². The molecule has 5 atom stereocenters. The molecule has 1 aromatic carbocycles. The summed E-state index contributed by atoms with van der Waals surface area (Å²) in [6, 6.07) is 10.2. The van der Waals surface area contributed by atoms with Crippen LogP contribution in [0.15, 0.2) is 35.2 Å². The molecule has 5 heteroatoms. The van der Waals surface area contributed by atoms with E-state index in [9.17, 15) is 5.11 Å². The molecule has 0 radical (unpaired) electrons. The van der Waals surface area contributed by atoms with Crippen molar-refractivity contribution in [3.05, 3.63) is 30.3 Å². The number of rotatable bonds is 5. The van der Waals surface area contributed by atoms with Gasteiger partial charge in [0.05, 0.1) is 24.0 Å². The molecule has 3 aliphatic rings. The number of thioether (sulfide) groups is 1. The van der Waals surface area contributed by atoms with Crippen LogP contribution < -0.4 is 5.32 Å². The van der Waals surface area contributed by atoms with E-state index in [1.54, 1.807) is 11.8 Å². The van der Waals surface area contributed by atoms with Gasteiger partial charge < -0.3 is 19.9 Å². The smallest absolute Gasteiger partial charge is 0.172 e. The number of fused-ring (bicyclic) bond motifs is 2. The highest BCUT2D eigenvalue weighted by Crippen LogP contribution is 2.38. The van der Waals surface area contributed by atoms with Crippen molar-refractivity contribution in [2.75, 3.05) is 13.2 Å². The Morgan fingerprint density at radius 3 is 2.71 bits per heavy atom. The van der Waals surface area contributed by atoms with Gasteiger partial charge in [0.2, 0.25) is 0 Å². The van der Waals surface area contributed by atoms with Gasteiger partial charge >= 0.3 is 0 Å². The van der Waals surface area contributed by atoms with Gasteiger partial charge in [0, 0.05) is 4.90 Å². The second-order valence-electron chi connectivity index (χ2n) is 7.20. The van der Waals surface area contributed by atoms with E-state index in [1.807, 2.05) is 18.2 Å². The van der Waals surface area contributed by atoms with Crippen molar-refractivity contribution in [1.82, 2.24) is 5.32 Å². The molecular formula is C19H27NO3S. The summed E-state index contributed by atoms with van der Waals surface area (Å²) < 4.78 is 11.9. The van der Waals surface area contributed by atoms with Crippen LogP contribution in [0.5, 0.6) is 0 Å². The molecule has 2 bridgehead atoms. The van der Waals surface area contributed by atoms with Gasteiger partial charge in [-0.1, -0.05) is 37.5 Å². The van der Waals surface area contributed by atoms with Gasteiger partial charge in [0.15, 0.2) is 6.29 Å². The maximum atomic E-state index is 11.0. The first-order chi connectivity index (χ1) is 11.8. The van der Waals surface area contributed by atoms with Gasteiger partial charge in [-0.2, -0.15) is 0 Å². The molecule has 1 saturated carbocycles. The third-order valence-corrected chi connectivity index (χ3v) is 6.81. The predicted molar refractivity (Wildman–Crippen MR) is 95.1 cm³/mol. The molecule has 0 unspecified atom stereocenters. The van der Waals surface area contributed by atoms with Crippen LogP contribution in [0.3, 0.4) is 0 Å². The molecule has 0 aromatic heterocycles. The maximum Gasteiger partial charge on any atom is 0.172 e. The first kappa shape index (κ1) is 16.9. The summed E-state index contributed by atoms with van der Waals surface area (Å²) in [5.74, 6) is 0.742. The first-order valence-corrected chi connectivity index (χ1v) is 10.1. The summed E-state index contributed by atoms with van der Waals surface area (Å²) in [5.41, 5.74) is 0. The van der Waals surface area contributed by atoms with E-state index < -0.39 is 6.10 Å². The van der Waals surface area contributed by atoms with Gasteiger partial charge in [0.25, 0.3) is 0 Å². The number of nitrogens with one attached hydrogen (secondary N) is 1. The highest BCUT2D eigenvalue weighted by atomic mass is 32.2. The lowest BCUT2D eigenvalue weighted by molar-refractivity contribution is -0.123. The first-order valence-electron chi connectivity index (χ1n) is 9.21. The molecule has 3 fully saturated rings. The summed E-state index contributed by atoms with van der Waals surface area (Å²) in [6.07, 6.45) is 5.90. The molecule has 1 aliphatic carbocycles. The highest BCUT2D eigenvalue weighted by molar-refractivity contribution is 8.00. The fourth-order valence-corrected chi connectivity index (χ4v) is 5.31. The van der Waals surface area contributed by atoms with Crippen molar-refractivity contribution in [3.8, 4) is 0 Å². The summed E-state index contributed by atoms with van der Waals surface area (Å²) >= 11 is 1.66. The molecule has 0 spiro atoms. The summed E-state index contributed by atoms with van der Waals surface area (Å²) in [7, 11) is 0. The van der Waals surface area contributed by atoms with E-state index in [0.29, 0.717) is 6.61 Å². The third-order valence-electron chi connectivity index (χ3n) is 5.49. The minimum Gasteiger partial charge on any atom is -0.390 e. The summed E-state index contributed by atoms with van der Waals surface area (Å²) in [5, 5.41) is 14.5. The Morgan fingerprint density at radius 1 is 1.12 bits per heavy atom. The molecule has 2 saturated heterocycles. The second kappa shape index (κ2) is 7.75. The quantitative estimate of drug-likeness (QED) is 0.856. The van der Waals surface area contributed by atoms with Crippen molar-refractivity contribution in [2.45, 2.75) is 66.8 Å². The Kier molecular flexibility index (Phi) is 5.44. The zero-order valence-corrected chi connectivity index (χ0v) is 14.8. The van der Waals surface area contributed by atoms with E-state index in [4.69, 9.17) is 9.47 Å². The molecule has 2 aliphatic heterocycles. The Balaban J connectivity index is 1.40. The van der Waals surface area contributed by atoms with Crippen LogP contribution >= 0.6 is 11.8 Å². The van der Waals surface area contributed by atoms with Crippen LogP contribution in [0.1, 0.15) is 32.1 Å². The van der Waals surface area contributed by atoms with Crippen molar-refractivity contribution in [2.24, 2.45) is 5.92 Å². The maximum absolute atomic E-state index is 11.0. The fourth-order valence-electron chi connectivity index (χ4n) is 4.11. The molecule has 0 amide bonds. The van der Waals surface area contributed by atoms with Crippen LogP contribution in [0.4, 0.5) is 0 Å². The zero-order chi connectivity index (χ0) is 16.4. The minimum atomic E-state index is -0.454. The van der Waals surface area contributed by atoms with Crippen LogP contribution in [0.2, 0.25) is 0 Å². The third kappa shape index (κ3) is 3.65. The van der Waals surface area contributed by atoms with Crippen molar-refractivity contribution < 1.29 is 14.6 Å². The van der Waals surface area contributed by atoms with Crippen LogP contribution in [0.25, 0.3) is 0 Å². The Morgan fingerprint density at radius 2 is 1.92 bits per heavy atom. The van der Waals surface area contributed by atoms with Crippen LogP contribution in [-0.4, -0.2) is 48.0 Å². The molecule has 2 N–H and O–H groups in total. The Bertz CT molecular complexity index is 523. The number of hydrogen-bond acceptors (Lipinski definition) is 5. The predicted octanol–water partition coefficient (Wildman–Crippen LogP) is 2.80. The monoisotopic (exact) mass is 349 g/mol. The van der Waals surface area contributed by atoms with Crippen molar-refractivity contribution in [1.29, 1.82) is 0 Å². The molecular weight excluding hydrogens is 322 g/mol. The lowest BCUT2D eigenvalue weighted by atomic mass is 9.88. The molecule has 2 heterocycles. The minimum absolute atomic E-state index is 0.0267. The molecule has 24 heavy (non-hydrogen) atoms. The average Bonchev–Trinajstić information content (AvgIpc) is 3.06. The van der Waals surface area contributed by atoms with Crippen LogP contribution in [0, 0.1) is 5.92 Å². The molecule has 132 valence electrons. The lowest BCUT2D eigenvalue weighted by Crippen LogP contribution is -2.59. The summed E-state index contributed by atoms with van der Waals surface area (Å²) in [6.45, 7) is 1.56. The van der Waals surface area contributed by atoms with Gasteiger partial charge in [-0.3, -0.25) is 0 Å². The number of benzene rings is 1. The summed E-state index contributed by atoms with van der Waals surface area (Å²) in [4.78, 5) is 1.14. The van der Waals surface area contributed by atoms with Gasteiger partial charge in [-0.05, 0) is 37.4 Å². The normalized spacial score (nSPS) is 36.8. The van der Waals surface area contributed by atoms with Crippen molar-refractivity contribution >= 4 is 11.8 Å². The van der Waals surface area contributed by atoms with E-state index in [0.717, 1.165) is 17.4 Å². The number of ether oxygens (including phenoxy) is 2. The SMILES string of the molecule is O[C@H]1[C@H](NCC2CCCCC2)[C@@H]2CO[C@H](O2)[C@H]1Sc1ccccc1. The van der Waals surface area contributed by atoms with Gasteiger partial charge in [-0.25, -0.2) is 0 Å². The highest BCUT2D eigenvalue weighted by Gasteiger charge is 2.50.